The van der Waals surface area contributed by atoms with Crippen molar-refractivity contribution in [2.75, 3.05) is 13.1 Å². The molecule has 2 aromatic heterocycles. The third kappa shape index (κ3) is 4.56. The van der Waals surface area contributed by atoms with Crippen LogP contribution in [0.25, 0.3) is 16.9 Å². The Kier molecular flexibility index (Phi) is 5.59. The van der Waals surface area contributed by atoms with Crippen LogP contribution in [0.4, 0.5) is 13.2 Å². The molecule has 1 fully saturated rings. The van der Waals surface area contributed by atoms with Crippen LogP contribution in [0.2, 0.25) is 0 Å². The second-order valence-corrected chi connectivity index (χ2v) is 7.45. The Balaban J connectivity index is 1.56. The smallest absolute Gasteiger partial charge is 0.406 e. The van der Waals surface area contributed by atoms with Gasteiger partial charge in [-0.25, -0.2) is 4.98 Å². The van der Waals surface area contributed by atoms with Gasteiger partial charge in [-0.2, -0.15) is 4.68 Å². The van der Waals surface area contributed by atoms with Crippen LogP contribution >= 0.6 is 0 Å². The number of carbonyl (C=O) groups excluding carboxylic acids is 1. The van der Waals surface area contributed by atoms with Crippen LogP contribution in [0.1, 0.15) is 13.8 Å². The Morgan fingerprint density at radius 3 is 2.47 bits per heavy atom. The molecule has 13 heteroatoms. The quantitative estimate of drug-likeness (QED) is 0.591. The van der Waals surface area contributed by atoms with E-state index in [1.54, 1.807) is 4.90 Å². The fourth-order valence-corrected chi connectivity index (χ4v) is 3.55. The molecule has 10 nitrogen and oxygen atoms in total. The van der Waals surface area contributed by atoms with Gasteiger partial charge < -0.3 is 14.4 Å². The Bertz CT molecular complexity index is 1180. The van der Waals surface area contributed by atoms with Crippen LogP contribution in [-0.2, 0) is 16.1 Å². The number of ether oxygens (including phenoxy) is 2. The van der Waals surface area contributed by atoms with E-state index in [1.807, 2.05) is 13.8 Å². The van der Waals surface area contributed by atoms with E-state index in [1.165, 1.54) is 23.1 Å². The number of nitrogens with zero attached hydrogens (tertiary/aromatic N) is 6. The van der Waals surface area contributed by atoms with Gasteiger partial charge >= 0.3 is 6.36 Å². The molecule has 1 saturated heterocycles. The van der Waals surface area contributed by atoms with Gasteiger partial charge in [0, 0.05) is 13.1 Å². The van der Waals surface area contributed by atoms with Gasteiger partial charge in [-0.05, 0) is 38.1 Å². The van der Waals surface area contributed by atoms with Crippen LogP contribution in [-0.4, -0.2) is 67.0 Å². The lowest BCUT2D eigenvalue weighted by Crippen LogP contribution is -2.49. The van der Waals surface area contributed by atoms with E-state index >= 15 is 0 Å². The zero-order valence-electron chi connectivity index (χ0n) is 17.1. The standard InChI is InChI=1S/C19H19F3N6O4/c1-11-7-26(8-12(2)31-11)15(29)9-27-10-23-17-16(18(27)30)24-25-28(17)13-3-5-14(6-4-13)32-19(20,21)22/h3-6,10-12H,7-9H2,1-2H3/t11-,12-/m0/s1. The summed E-state index contributed by atoms with van der Waals surface area (Å²) in [6.45, 7) is 4.39. The van der Waals surface area contributed by atoms with E-state index in [-0.39, 0.29) is 35.8 Å². The summed E-state index contributed by atoms with van der Waals surface area (Å²) in [7, 11) is 0. The average molecular weight is 452 g/mol. The van der Waals surface area contributed by atoms with Gasteiger partial charge in [0.2, 0.25) is 5.91 Å². The molecule has 4 rings (SSSR count). The van der Waals surface area contributed by atoms with Crippen molar-refractivity contribution >= 4 is 17.1 Å². The predicted molar refractivity (Wildman–Crippen MR) is 104 cm³/mol. The molecule has 0 saturated carbocycles. The summed E-state index contributed by atoms with van der Waals surface area (Å²) in [6, 6.07) is 4.88. The second-order valence-electron chi connectivity index (χ2n) is 7.45. The number of hydrogen-bond acceptors (Lipinski definition) is 7. The van der Waals surface area contributed by atoms with Crippen molar-refractivity contribution in [2.45, 2.75) is 39.0 Å². The maximum absolute atomic E-state index is 12.8. The highest BCUT2D eigenvalue weighted by atomic mass is 19.4. The third-order valence-electron chi connectivity index (χ3n) is 4.82. The molecule has 0 spiro atoms. The van der Waals surface area contributed by atoms with E-state index in [4.69, 9.17) is 4.74 Å². The molecule has 0 unspecified atom stereocenters. The number of amides is 1. The largest absolute Gasteiger partial charge is 0.573 e. The molecule has 0 aliphatic carbocycles. The van der Waals surface area contributed by atoms with Crippen molar-refractivity contribution in [3.63, 3.8) is 0 Å². The highest BCUT2D eigenvalue weighted by Gasteiger charge is 2.31. The summed E-state index contributed by atoms with van der Waals surface area (Å²) < 4.78 is 48.8. The molecule has 0 radical (unpaired) electrons. The minimum absolute atomic E-state index is 0.0698. The van der Waals surface area contributed by atoms with Gasteiger partial charge in [0.05, 0.1) is 17.9 Å². The maximum atomic E-state index is 12.8. The first-order chi connectivity index (χ1) is 15.1. The maximum Gasteiger partial charge on any atom is 0.573 e. The highest BCUT2D eigenvalue weighted by Crippen LogP contribution is 2.24. The summed E-state index contributed by atoms with van der Waals surface area (Å²) in [5, 5.41) is 7.72. The number of carbonyl (C=O) groups is 1. The highest BCUT2D eigenvalue weighted by molar-refractivity contribution is 5.77. The van der Waals surface area contributed by atoms with Gasteiger partial charge in [-0.15, -0.1) is 18.3 Å². The van der Waals surface area contributed by atoms with Crippen LogP contribution in [0.15, 0.2) is 35.4 Å². The number of morpholine rings is 1. The van der Waals surface area contributed by atoms with Gasteiger partial charge in [0.15, 0.2) is 11.2 Å². The first kappa shape index (κ1) is 21.7. The van der Waals surface area contributed by atoms with Crippen molar-refractivity contribution in [3.05, 3.63) is 40.9 Å². The Morgan fingerprint density at radius 1 is 1.19 bits per heavy atom. The lowest BCUT2D eigenvalue weighted by molar-refractivity contribution is -0.274. The topological polar surface area (TPSA) is 104 Å². The fourth-order valence-electron chi connectivity index (χ4n) is 3.55. The number of fused-ring (bicyclic) bond motifs is 1. The summed E-state index contributed by atoms with van der Waals surface area (Å²) in [6.07, 6.45) is -3.79. The lowest BCUT2D eigenvalue weighted by atomic mass is 10.2. The zero-order chi connectivity index (χ0) is 23.0. The van der Waals surface area contributed by atoms with E-state index in [9.17, 15) is 22.8 Å². The number of hydrogen-bond donors (Lipinski definition) is 0. The van der Waals surface area contributed by atoms with E-state index in [0.29, 0.717) is 18.8 Å². The van der Waals surface area contributed by atoms with E-state index in [2.05, 4.69) is 20.0 Å². The molecule has 170 valence electrons. The van der Waals surface area contributed by atoms with Crippen LogP contribution in [0.3, 0.4) is 0 Å². The Morgan fingerprint density at radius 2 is 1.84 bits per heavy atom. The minimum atomic E-state index is -4.80. The predicted octanol–water partition coefficient (Wildman–Crippen LogP) is 1.51. The van der Waals surface area contributed by atoms with Crippen LogP contribution in [0, 0.1) is 0 Å². The molecule has 1 aromatic carbocycles. The molecule has 3 aromatic rings. The minimum Gasteiger partial charge on any atom is -0.406 e. The number of halogens is 3. The van der Waals surface area contributed by atoms with Crippen LogP contribution < -0.4 is 10.3 Å². The summed E-state index contributed by atoms with van der Waals surface area (Å²) in [4.78, 5) is 31.3. The average Bonchev–Trinajstić information content (AvgIpc) is 3.13. The van der Waals surface area contributed by atoms with Crippen molar-refractivity contribution in [3.8, 4) is 11.4 Å². The first-order valence-corrected chi connectivity index (χ1v) is 9.71. The molecule has 2 atom stereocenters. The molecule has 1 aliphatic rings. The van der Waals surface area contributed by atoms with Crippen molar-refractivity contribution < 1.29 is 27.4 Å². The number of aromatic nitrogens is 5. The molecule has 0 bridgehead atoms. The number of rotatable bonds is 4. The van der Waals surface area contributed by atoms with Gasteiger partial charge in [-0.3, -0.25) is 14.2 Å². The van der Waals surface area contributed by atoms with Crippen molar-refractivity contribution in [1.29, 1.82) is 0 Å². The van der Waals surface area contributed by atoms with Gasteiger partial charge in [0.1, 0.15) is 18.6 Å². The molecule has 3 heterocycles. The SMILES string of the molecule is C[C@H]1CN(C(=O)Cn2cnc3c(nnn3-c3ccc(OC(F)(F)F)cc3)c2=O)C[C@H](C)O1. The van der Waals surface area contributed by atoms with Crippen LogP contribution in [0.5, 0.6) is 5.75 Å². The van der Waals surface area contributed by atoms with Gasteiger partial charge in [0.25, 0.3) is 5.56 Å². The monoisotopic (exact) mass is 452 g/mol. The number of benzene rings is 1. The molecular weight excluding hydrogens is 433 g/mol. The second kappa shape index (κ2) is 8.22. The molecule has 0 N–H and O–H groups in total. The van der Waals surface area contributed by atoms with Crippen molar-refractivity contribution in [2.24, 2.45) is 0 Å². The summed E-state index contributed by atoms with van der Waals surface area (Å²) in [5.41, 5.74) is -0.184. The molecule has 1 amide bonds. The fraction of sp³-hybridized carbons (Fsp3) is 0.421. The van der Waals surface area contributed by atoms with E-state index < -0.39 is 17.7 Å². The molecule has 1 aliphatic heterocycles. The Labute approximate surface area is 179 Å². The van der Waals surface area contributed by atoms with Gasteiger partial charge in [-0.1, -0.05) is 5.21 Å². The summed E-state index contributed by atoms with van der Waals surface area (Å²) in [5.74, 6) is -0.644. The van der Waals surface area contributed by atoms with E-state index in [0.717, 1.165) is 16.7 Å². The Hall–Kier alpha value is -3.48. The molecular formula is C19H19F3N6O4. The first-order valence-electron chi connectivity index (χ1n) is 9.71. The molecule has 32 heavy (non-hydrogen) atoms. The lowest BCUT2D eigenvalue weighted by Gasteiger charge is -2.35. The third-order valence-corrected chi connectivity index (χ3v) is 4.82. The number of alkyl halides is 3. The summed E-state index contributed by atoms with van der Waals surface area (Å²) >= 11 is 0. The van der Waals surface area contributed by atoms with Crippen molar-refractivity contribution in [1.82, 2.24) is 29.4 Å². The normalized spacial score (nSPS) is 19.3. The zero-order valence-corrected chi connectivity index (χ0v) is 17.1.